The summed E-state index contributed by atoms with van der Waals surface area (Å²) >= 11 is -2.43. The van der Waals surface area contributed by atoms with E-state index in [1.807, 2.05) is 0 Å². The van der Waals surface area contributed by atoms with Gasteiger partial charge in [0.05, 0.1) is 0 Å². The van der Waals surface area contributed by atoms with Crippen LogP contribution in [0.15, 0.2) is 121 Å². The van der Waals surface area contributed by atoms with E-state index in [2.05, 4.69) is 0 Å². The summed E-state index contributed by atoms with van der Waals surface area (Å²) in [6, 6.07) is 33.4. The second-order valence-electron chi connectivity index (χ2n) is 8.90. The predicted octanol–water partition coefficient (Wildman–Crippen LogP) is 4.04. The highest BCUT2D eigenvalue weighted by atomic mass is 32.2. The minimum atomic E-state index is -4.70. The van der Waals surface area contributed by atoms with Crippen LogP contribution in [-0.4, -0.2) is 40.5 Å². The summed E-state index contributed by atoms with van der Waals surface area (Å²) in [5.41, 5.74) is 7.33. The topological polar surface area (TPSA) is 138 Å². The van der Waals surface area contributed by atoms with Gasteiger partial charge < -0.3 is 15.4 Å². The van der Waals surface area contributed by atoms with Gasteiger partial charge in [-0.25, -0.2) is 13.2 Å². The molecule has 3 N–H and O–H groups in total. The molecule has 0 aliphatic rings. The molecule has 39 heavy (non-hydrogen) atoms. The van der Waals surface area contributed by atoms with Gasteiger partial charge in [0.25, 0.3) is 0 Å². The zero-order chi connectivity index (χ0) is 28.0. The van der Waals surface area contributed by atoms with E-state index >= 15 is 0 Å². The van der Waals surface area contributed by atoms with Gasteiger partial charge in [0.1, 0.15) is 5.25 Å². The van der Waals surface area contributed by atoms with E-state index < -0.39 is 53.9 Å². The van der Waals surface area contributed by atoms with Crippen LogP contribution in [0.3, 0.4) is 0 Å². The van der Waals surface area contributed by atoms with Gasteiger partial charge in [-0.05, 0) is 22.3 Å². The molecule has 4 aromatic rings. The molecule has 200 valence electrons. The first-order valence-corrected chi connectivity index (χ1v) is 15.0. The van der Waals surface area contributed by atoms with Crippen LogP contribution < -0.4 is 5.73 Å². The van der Waals surface area contributed by atoms with E-state index in [0.29, 0.717) is 22.3 Å². The smallest absolute Gasteiger partial charge is 0.359 e. The van der Waals surface area contributed by atoms with Crippen LogP contribution >= 0.6 is 0 Å². The summed E-state index contributed by atoms with van der Waals surface area (Å²) in [5.74, 6) is -3.08. The Morgan fingerprint density at radius 3 is 1.31 bits per heavy atom. The predicted molar refractivity (Wildman–Crippen MR) is 151 cm³/mol. The van der Waals surface area contributed by atoms with Gasteiger partial charge in [0.2, 0.25) is 11.2 Å². The van der Waals surface area contributed by atoms with Crippen molar-refractivity contribution in [1.82, 2.24) is 0 Å². The summed E-state index contributed by atoms with van der Waals surface area (Å²) in [5, 5.41) is 3.46. The Hall–Kier alpha value is -3.92. The summed E-state index contributed by atoms with van der Waals surface area (Å²) in [4.78, 5) is 25.6. The Labute approximate surface area is 230 Å². The maximum atomic E-state index is 14.3. The average Bonchev–Trinajstić information content (AvgIpc) is 2.93. The molecule has 3 unspecified atom stereocenters. The number of aliphatic carboxylic acids is 1. The molecule has 0 aliphatic heterocycles. The van der Waals surface area contributed by atoms with Crippen molar-refractivity contribution in [3.05, 3.63) is 144 Å². The summed E-state index contributed by atoms with van der Waals surface area (Å²) < 4.78 is 42.9. The maximum absolute atomic E-state index is 14.3. The number of hydrogen-bond acceptors (Lipinski definition) is 5. The maximum Gasteiger partial charge on any atom is 0.359 e. The largest absolute Gasteiger partial charge is 0.615 e. The molecule has 0 saturated carbocycles. The second kappa shape index (κ2) is 12.3. The number of benzene rings is 4. The standard InChI is InChI=1S/C30H27NO6S2/c31-29(32)28(39(36,37)27(23-17-9-3-10-18-23)24-19-11-4-12-20-24)26(30(33)34)38(35)25(21-13-5-1-6-14-21)22-15-7-2-8-16-22/h1-20,25-28H,(H2,31,32)(H,33,34). The van der Waals surface area contributed by atoms with Crippen LogP contribution in [-0.2, 0) is 30.6 Å². The number of primary amides is 1. The molecule has 4 aromatic carbocycles. The fourth-order valence-corrected chi connectivity index (χ4v) is 9.34. The third kappa shape index (κ3) is 6.06. The van der Waals surface area contributed by atoms with Crippen molar-refractivity contribution in [1.29, 1.82) is 0 Å². The first-order valence-electron chi connectivity index (χ1n) is 12.1. The Balaban J connectivity index is 1.89. The van der Waals surface area contributed by atoms with Crippen molar-refractivity contribution in [2.24, 2.45) is 5.73 Å². The lowest BCUT2D eigenvalue weighted by Crippen LogP contribution is -2.54. The highest BCUT2D eigenvalue weighted by molar-refractivity contribution is 7.97. The molecule has 0 aromatic heterocycles. The lowest BCUT2D eigenvalue weighted by Gasteiger charge is -2.32. The van der Waals surface area contributed by atoms with Crippen LogP contribution in [0.4, 0.5) is 0 Å². The fraction of sp³-hybridized carbons (Fsp3) is 0.133. The SMILES string of the molecule is NC(=O)C(C(C(=O)O)[S+]([O-])C(c1ccccc1)c1ccccc1)S(=O)(=O)C(c1ccccc1)c1ccccc1. The molecule has 0 heterocycles. The molecule has 0 spiro atoms. The van der Waals surface area contributed by atoms with E-state index in [1.165, 1.54) is 0 Å². The van der Waals surface area contributed by atoms with Crippen molar-refractivity contribution >= 4 is 32.9 Å². The third-order valence-electron chi connectivity index (χ3n) is 6.37. The highest BCUT2D eigenvalue weighted by Crippen LogP contribution is 2.39. The highest BCUT2D eigenvalue weighted by Gasteiger charge is 2.55. The zero-order valence-corrected chi connectivity index (χ0v) is 22.4. The van der Waals surface area contributed by atoms with E-state index in [1.54, 1.807) is 121 Å². The fourth-order valence-electron chi connectivity index (χ4n) is 4.67. The Morgan fingerprint density at radius 1 is 0.667 bits per heavy atom. The Kier molecular flexibility index (Phi) is 8.86. The average molecular weight is 562 g/mol. The Bertz CT molecular complexity index is 1420. The minimum absolute atomic E-state index is 0.326. The van der Waals surface area contributed by atoms with Gasteiger partial charge in [-0.2, -0.15) is 0 Å². The van der Waals surface area contributed by atoms with Gasteiger partial charge in [-0.3, -0.25) is 4.79 Å². The lowest BCUT2D eigenvalue weighted by atomic mass is 10.0. The molecule has 1 amide bonds. The summed E-state index contributed by atoms with van der Waals surface area (Å²) in [7, 11) is -4.70. The van der Waals surface area contributed by atoms with Crippen LogP contribution in [0.2, 0.25) is 0 Å². The molecule has 0 radical (unpaired) electrons. The van der Waals surface area contributed by atoms with Gasteiger partial charge in [-0.1, -0.05) is 121 Å². The van der Waals surface area contributed by atoms with Crippen molar-refractivity contribution < 1.29 is 27.7 Å². The number of carboxylic acid groups (broad SMARTS) is 1. The lowest BCUT2D eigenvalue weighted by molar-refractivity contribution is -0.137. The van der Waals surface area contributed by atoms with E-state index in [4.69, 9.17) is 5.73 Å². The van der Waals surface area contributed by atoms with Crippen molar-refractivity contribution in [3.63, 3.8) is 0 Å². The molecule has 0 fully saturated rings. The second-order valence-corrected chi connectivity index (χ2v) is 12.7. The number of amides is 1. The number of hydrogen-bond donors (Lipinski definition) is 2. The van der Waals surface area contributed by atoms with Crippen LogP contribution in [0, 0.1) is 0 Å². The monoisotopic (exact) mass is 561 g/mol. The third-order valence-corrected chi connectivity index (χ3v) is 10.9. The van der Waals surface area contributed by atoms with E-state index in [-0.39, 0.29) is 0 Å². The van der Waals surface area contributed by atoms with Crippen molar-refractivity contribution in [2.45, 2.75) is 21.0 Å². The van der Waals surface area contributed by atoms with Gasteiger partial charge >= 0.3 is 5.97 Å². The molecular formula is C30H27NO6S2. The van der Waals surface area contributed by atoms with E-state index in [0.717, 1.165) is 0 Å². The quantitative estimate of drug-likeness (QED) is 0.265. The van der Waals surface area contributed by atoms with Gasteiger partial charge in [0.15, 0.2) is 20.3 Å². The first kappa shape index (κ1) is 28.1. The molecule has 0 saturated heterocycles. The minimum Gasteiger partial charge on any atom is -0.615 e. The van der Waals surface area contributed by atoms with Crippen LogP contribution in [0.5, 0.6) is 0 Å². The van der Waals surface area contributed by atoms with Gasteiger partial charge in [-0.15, -0.1) is 0 Å². The number of carboxylic acids is 1. The van der Waals surface area contributed by atoms with Crippen LogP contribution in [0.25, 0.3) is 0 Å². The molecular weight excluding hydrogens is 534 g/mol. The molecule has 3 atom stereocenters. The number of nitrogens with two attached hydrogens (primary N) is 1. The normalized spacial score (nSPS) is 14.0. The first-order chi connectivity index (χ1) is 18.7. The van der Waals surface area contributed by atoms with Gasteiger partial charge in [0, 0.05) is 11.1 Å². The summed E-state index contributed by atoms with van der Waals surface area (Å²) in [6.45, 7) is 0. The Morgan fingerprint density at radius 2 is 1.00 bits per heavy atom. The van der Waals surface area contributed by atoms with Crippen LogP contribution in [0.1, 0.15) is 32.8 Å². The molecule has 7 nitrogen and oxygen atoms in total. The molecule has 4 rings (SSSR count). The molecule has 0 bridgehead atoms. The number of rotatable bonds is 11. The number of carbonyl (C=O) groups excluding carboxylic acids is 1. The van der Waals surface area contributed by atoms with E-state index in [9.17, 15) is 27.7 Å². The summed E-state index contributed by atoms with van der Waals surface area (Å²) in [6.07, 6.45) is 0. The zero-order valence-electron chi connectivity index (χ0n) is 20.7. The molecule has 0 aliphatic carbocycles. The van der Waals surface area contributed by atoms with Crippen molar-refractivity contribution in [3.8, 4) is 0 Å². The number of carbonyl (C=O) groups is 2. The molecule has 9 heteroatoms. The number of sulfone groups is 1. The van der Waals surface area contributed by atoms with Crippen molar-refractivity contribution in [2.75, 3.05) is 0 Å².